The van der Waals surface area contributed by atoms with E-state index >= 15 is 0 Å². The molecule has 10 heteroatoms. The Bertz CT molecular complexity index is 879. The van der Waals surface area contributed by atoms with Crippen LogP contribution in [0.5, 0.6) is 0 Å². The van der Waals surface area contributed by atoms with E-state index in [1.807, 2.05) is 0 Å². The lowest BCUT2D eigenvalue weighted by atomic mass is 10.00. The number of piperazine rings is 1. The molecule has 3 rings (SSSR count). The van der Waals surface area contributed by atoms with E-state index in [4.69, 9.17) is 11.6 Å². The second kappa shape index (κ2) is 8.47. The van der Waals surface area contributed by atoms with Crippen molar-refractivity contribution in [1.29, 1.82) is 0 Å². The zero-order chi connectivity index (χ0) is 22.1. The van der Waals surface area contributed by atoms with E-state index in [9.17, 15) is 31.1 Å². The zero-order valence-corrected chi connectivity index (χ0v) is 16.2. The number of nitrogens with zero attached hydrogens (tertiary/aromatic N) is 1. The van der Waals surface area contributed by atoms with Crippen LogP contribution < -0.4 is 5.32 Å². The van der Waals surface area contributed by atoms with E-state index < -0.39 is 41.0 Å². The van der Waals surface area contributed by atoms with Crippen molar-refractivity contribution in [2.45, 2.75) is 24.8 Å². The number of halogens is 7. The van der Waals surface area contributed by atoms with Crippen molar-refractivity contribution in [3.8, 4) is 0 Å². The third-order valence-electron chi connectivity index (χ3n) is 4.83. The van der Waals surface area contributed by atoms with E-state index in [0.717, 1.165) is 5.56 Å². The summed E-state index contributed by atoms with van der Waals surface area (Å²) in [5.74, 6) is -0.868. The molecule has 0 radical (unpaired) electrons. The Balaban J connectivity index is 1.93. The summed E-state index contributed by atoms with van der Waals surface area (Å²) in [6.07, 6.45) is -9.65. The molecule has 30 heavy (non-hydrogen) atoms. The van der Waals surface area contributed by atoms with Crippen LogP contribution in [-0.2, 0) is 18.8 Å². The average Bonchev–Trinajstić information content (AvgIpc) is 2.68. The van der Waals surface area contributed by atoms with Crippen LogP contribution in [0.4, 0.5) is 26.3 Å². The van der Waals surface area contributed by atoms with Gasteiger partial charge in [0.2, 0.25) is 0 Å². The summed E-state index contributed by atoms with van der Waals surface area (Å²) in [5.41, 5.74) is -2.82. The number of amides is 1. The molecule has 0 unspecified atom stereocenters. The average molecular weight is 451 g/mol. The fourth-order valence-electron chi connectivity index (χ4n) is 3.35. The Hall–Kier alpha value is -2.26. The van der Waals surface area contributed by atoms with Gasteiger partial charge in [-0.1, -0.05) is 23.7 Å². The van der Waals surface area contributed by atoms with Crippen molar-refractivity contribution in [1.82, 2.24) is 10.2 Å². The van der Waals surface area contributed by atoms with E-state index in [2.05, 4.69) is 5.32 Å². The third kappa shape index (κ3) is 5.26. The monoisotopic (exact) mass is 450 g/mol. The lowest BCUT2D eigenvalue weighted by Crippen LogP contribution is -2.54. The Kier molecular flexibility index (Phi) is 6.33. The second-order valence-electron chi connectivity index (χ2n) is 6.98. The molecular formula is C20H17ClF6N2O. The molecule has 3 nitrogen and oxygen atoms in total. The highest BCUT2D eigenvalue weighted by atomic mass is 35.5. The van der Waals surface area contributed by atoms with Gasteiger partial charge in [0.05, 0.1) is 11.1 Å². The number of nitrogens with one attached hydrogen (secondary N) is 1. The first-order valence-electron chi connectivity index (χ1n) is 9.01. The van der Waals surface area contributed by atoms with Gasteiger partial charge < -0.3 is 10.2 Å². The van der Waals surface area contributed by atoms with Crippen molar-refractivity contribution in [2.24, 2.45) is 0 Å². The number of carbonyl (C=O) groups is 1. The Labute approximate surface area is 173 Å². The number of carbonyl (C=O) groups excluding carboxylic acids is 1. The Morgan fingerprint density at radius 2 is 1.57 bits per heavy atom. The van der Waals surface area contributed by atoms with Crippen LogP contribution in [-0.4, -0.2) is 36.5 Å². The van der Waals surface area contributed by atoms with Gasteiger partial charge in [-0.3, -0.25) is 4.79 Å². The molecule has 1 fully saturated rings. The summed E-state index contributed by atoms with van der Waals surface area (Å²) >= 11 is 5.86. The summed E-state index contributed by atoms with van der Waals surface area (Å²) in [4.78, 5) is 14.3. The van der Waals surface area contributed by atoms with Crippen LogP contribution in [0.25, 0.3) is 0 Å². The van der Waals surface area contributed by atoms with Gasteiger partial charge in [0.25, 0.3) is 5.91 Å². The minimum absolute atomic E-state index is 0.0136. The summed E-state index contributed by atoms with van der Waals surface area (Å²) < 4.78 is 78.8. The first kappa shape index (κ1) is 22.4. The zero-order valence-electron chi connectivity index (χ0n) is 15.4. The van der Waals surface area contributed by atoms with Crippen molar-refractivity contribution in [3.63, 3.8) is 0 Å². The van der Waals surface area contributed by atoms with Crippen LogP contribution in [0.3, 0.4) is 0 Å². The fourth-order valence-corrected chi connectivity index (χ4v) is 3.47. The largest absolute Gasteiger partial charge is 0.416 e. The fraction of sp³-hybridized carbons (Fsp3) is 0.350. The summed E-state index contributed by atoms with van der Waals surface area (Å²) in [6.45, 7) is 0.905. The van der Waals surface area contributed by atoms with Crippen LogP contribution >= 0.6 is 11.6 Å². The van der Waals surface area contributed by atoms with Gasteiger partial charge in [0.15, 0.2) is 0 Å². The first-order chi connectivity index (χ1) is 13.9. The number of alkyl halides is 6. The molecule has 1 N–H and O–H groups in total. The topological polar surface area (TPSA) is 32.3 Å². The molecule has 162 valence electrons. The third-order valence-corrected chi connectivity index (χ3v) is 5.08. The second-order valence-corrected chi connectivity index (χ2v) is 7.42. The predicted octanol–water partition coefficient (Wildman–Crippen LogP) is 5.03. The highest BCUT2D eigenvalue weighted by molar-refractivity contribution is 6.30. The molecule has 1 saturated heterocycles. The quantitative estimate of drug-likeness (QED) is 0.665. The molecule has 1 heterocycles. The van der Waals surface area contributed by atoms with E-state index in [-0.39, 0.29) is 12.6 Å². The molecule has 2 aromatic carbocycles. The van der Waals surface area contributed by atoms with Gasteiger partial charge in [0, 0.05) is 36.3 Å². The Morgan fingerprint density at radius 3 is 2.10 bits per heavy atom. The molecule has 2 aromatic rings. The molecule has 1 aliphatic rings. The number of rotatable bonds is 3. The minimum atomic E-state index is -5.01. The number of hydrogen-bond acceptors (Lipinski definition) is 2. The molecule has 1 atom stereocenters. The highest BCUT2D eigenvalue weighted by Crippen LogP contribution is 2.36. The van der Waals surface area contributed by atoms with Crippen molar-refractivity contribution in [3.05, 3.63) is 69.7 Å². The Morgan fingerprint density at radius 1 is 1.00 bits per heavy atom. The van der Waals surface area contributed by atoms with Gasteiger partial charge in [-0.05, 0) is 42.3 Å². The maximum Gasteiger partial charge on any atom is 0.416 e. The summed E-state index contributed by atoms with van der Waals surface area (Å²) in [6, 6.07) is 7.37. The van der Waals surface area contributed by atoms with Gasteiger partial charge in [-0.2, -0.15) is 26.3 Å². The highest BCUT2D eigenvalue weighted by Gasteiger charge is 2.38. The van der Waals surface area contributed by atoms with Crippen molar-refractivity contribution < 1.29 is 31.1 Å². The normalized spacial score (nSPS) is 17.8. The number of benzene rings is 2. The predicted molar refractivity (Wildman–Crippen MR) is 99.3 cm³/mol. The standard InChI is InChI=1S/C20H17ClF6N2O/c21-16-3-1-12(2-4-16)7-17-11-28-5-6-29(17)18(30)13-8-14(19(22,23)24)10-15(9-13)20(25,26)27/h1-4,8-10,17,28H,5-7,11H2/t17-/m1/s1. The molecule has 0 saturated carbocycles. The van der Waals surface area contributed by atoms with Gasteiger partial charge in [-0.15, -0.1) is 0 Å². The van der Waals surface area contributed by atoms with Crippen LogP contribution in [0.15, 0.2) is 42.5 Å². The maximum absolute atomic E-state index is 13.1. The van der Waals surface area contributed by atoms with E-state index in [1.165, 1.54) is 4.90 Å². The minimum Gasteiger partial charge on any atom is -0.333 e. The van der Waals surface area contributed by atoms with Gasteiger partial charge >= 0.3 is 12.4 Å². The van der Waals surface area contributed by atoms with E-state index in [0.29, 0.717) is 36.7 Å². The molecule has 0 bridgehead atoms. The summed E-state index contributed by atoms with van der Waals surface area (Å²) in [5, 5.41) is 3.62. The molecular weight excluding hydrogens is 434 g/mol. The van der Waals surface area contributed by atoms with Crippen molar-refractivity contribution in [2.75, 3.05) is 19.6 Å². The lowest BCUT2D eigenvalue weighted by Gasteiger charge is -2.36. The maximum atomic E-state index is 13.1. The number of hydrogen-bond donors (Lipinski definition) is 1. The van der Waals surface area contributed by atoms with Crippen LogP contribution in [0.2, 0.25) is 5.02 Å². The smallest absolute Gasteiger partial charge is 0.333 e. The molecule has 0 spiro atoms. The van der Waals surface area contributed by atoms with Crippen LogP contribution in [0.1, 0.15) is 27.0 Å². The summed E-state index contributed by atoms with van der Waals surface area (Å²) in [7, 11) is 0. The van der Waals surface area contributed by atoms with Gasteiger partial charge in [-0.25, -0.2) is 0 Å². The lowest BCUT2D eigenvalue weighted by molar-refractivity contribution is -0.143. The van der Waals surface area contributed by atoms with Gasteiger partial charge in [0.1, 0.15) is 0 Å². The van der Waals surface area contributed by atoms with E-state index in [1.54, 1.807) is 24.3 Å². The molecule has 1 aliphatic heterocycles. The van der Waals surface area contributed by atoms with Crippen LogP contribution in [0, 0.1) is 0 Å². The molecule has 0 aliphatic carbocycles. The molecule has 1 amide bonds. The van der Waals surface area contributed by atoms with Crippen molar-refractivity contribution >= 4 is 17.5 Å². The SMILES string of the molecule is O=C(c1cc(C(F)(F)F)cc(C(F)(F)F)c1)N1CCNC[C@H]1Cc1ccc(Cl)cc1. The first-order valence-corrected chi connectivity index (χ1v) is 9.38. The molecule has 0 aromatic heterocycles.